The Bertz CT molecular complexity index is 909. The van der Waals surface area contributed by atoms with Gasteiger partial charge in [-0.05, 0) is 48.2 Å². The number of rotatable bonds is 1. The highest BCUT2D eigenvalue weighted by Gasteiger charge is 2.24. The maximum Gasteiger partial charge on any atom is 0.220 e. The molecule has 0 unspecified atom stereocenters. The second kappa shape index (κ2) is 5.21. The number of hydrogen-bond acceptors (Lipinski definition) is 5. The minimum absolute atomic E-state index is 0.271. The van der Waals surface area contributed by atoms with E-state index < -0.39 is 0 Å². The Hall–Kier alpha value is -2.66. The number of nitrogens with zero attached hydrogens (tertiary/aromatic N) is 3. The number of aryl methyl sites for hydroxylation is 2. The molecule has 0 aliphatic heterocycles. The lowest BCUT2D eigenvalue weighted by Crippen LogP contribution is -2.12. The van der Waals surface area contributed by atoms with Crippen molar-refractivity contribution < 1.29 is 0 Å². The molecule has 3 aromatic rings. The van der Waals surface area contributed by atoms with Crippen molar-refractivity contribution in [3.63, 3.8) is 0 Å². The summed E-state index contributed by atoms with van der Waals surface area (Å²) < 4.78 is 0. The molecule has 0 fully saturated rings. The van der Waals surface area contributed by atoms with Crippen molar-refractivity contribution in [2.45, 2.75) is 12.8 Å². The van der Waals surface area contributed by atoms with Crippen molar-refractivity contribution in [2.24, 2.45) is 0 Å². The number of nitrogens with two attached hydrogens (primary N) is 2. The summed E-state index contributed by atoms with van der Waals surface area (Å²) in [5.74, 6) is 0.271. The average molecular weight is 324 g/mol. The molecule has 0 radical (unpaired) electrons. The summed E-state index contributed by atoms with van der Waals surface area (Å²) in [6.45, 7) is 0. The maximum atomic E-state index is 6.17. The minimum Gasteiger partial charge on any atom is -0.398 e. The molecule has 1 aliphatic carbocycles. The molecule has 4 rings (SSSR count). The highest BCUT2D eigenvalue weighted by molar-refractivity contribution is 6.33. The Morgan fingerprint density at radius 2 is 1.96 bits per heavy atom. The quantitative estimate of drug-likeness (QED) is 0.671. The van der Waals surface area contributed by atoms with Gasteiger partial charge in [0.2, 0.25) is 5.95 Å². The molecule has 114 valence electrons. The van der Waals surface area contributed by atoms with Gasteiger partial charge in [0.1, 0.15) is 0 Å². The van der Waals surface area contributed by atoms with E-state index in [1.165, 1.54) is 0 Å². The van der Waals surface area contributed by atoms with Gasteiger partial charge >= 0.3 is 0 Å². The zero-order chi connectivity index (χ0) is 16.0. The van der Waals surface area contributed by atoms with E-state index in [1.807, 2.05) is 24.3 Å². The molecule has 1 aromatic carbocycles. The fourth-order valence-electron chi connectivity index (χ4n) is 3.03. The fraction of sp³-hybridized carbons (Fsp3) is 0.118. The van der Waals surface area contributed by atoms with E-state index in [-0.39, 0.29) is 5.95 Å². The molecular weight excluding hydrogens is 310 g/mol. The first-order chi connectivity index (χ1) is 11.1. The minimum atomic E-state index is 0.271. The molecule has 0 atom stereocenters. The van der Waals surface area contributed by atoms with E-state index in [2.05, 4.69) is 15.0 Å². The predicted molar refractivity (Wildman–Crippen MR) is 91.9 cm³/mol. The molecule has 2 aromatic heterocycles. The molecule has 0 amide bonds. The Kier molecular flexibility index (Phi) is 3.16. The molecule has 4 N–H and O–H groups in total. The molecule has 0 saturated heterocycles. The van der Waals surface area contributed by atoms with Crippen LogP contribution in [0.25, 0.3) is 22.4 Å². The van der Waals surface area contributed by atoms with Crippen LogP contribution >= 0.6 is 11.6 Å². The van der Waals surface area contributed by atoms with Crippen LogP contribution in [0.2, 0.25) is 5.02 Å². The van der Waals surface area contributed by atoms with Crippen molar-refractivity contribution >= 4 is 23.2 Å². The monoisotopic (exact) mass is 323 g/mol. The van der Waals surface area contributed by atoms with Gasteiger partial charge in [-0.3, -0.25) is 4.98 Å². The number of pyridine rings is 1. The number of halogens is 1. The number of hydrogen-bond donors (Lipinski definition) is 2. The third-order valence-corrected chi connectivity index (χ3v) is 4.39. The predicted octanol–water partition coefficient (Wildman–Crippen LogP) is 3.12. The molecule has 2 heterocycles. The highest BCUT2D eigenvalue weighted by Crippen LogP contribution is 2.41. The maximum absolute atomic E-state index is 6.17. The normalized spacial score (nSPS) is 12.6. The average Bonchev–Trinajstić information content (AvgIpc) is 2.56. The standard InChI is InChI=1S/C17H14ClN5/c18-12-6-9-3-4-14-15(11(9)7-13(12)19)16(23-17(20)22-14)10-2-1-5-21-8-10/h1-2,5-8H,3-4,19H2,(H2,20,22,23). The Balaban J connectivity index is 2.04. The molecule has 1 aliphatic rings. The van der Waals surface area contributed by atoms with E-state index in [4.69, 9.17) is 23.1 Å². The second-order valence-corrected chi connectivity index (χ2v) is 5.93. The van der Waals surface area contributed by atoms with Gasteiger partial charge in [0.25, 0.3) is 0 Å². The highest BCUT2D eigenvalue weighted by atomic mass is 35.5. The van der Waals surface area contributed by atoms with E-state index >= 15 is 0 Å². The van der Waals surface area contributed by atoms with Crippen molar-refractivity contribution in [2.75, 3.05) is 11.5 Å². The van der Waals surface area contributed by atoms with Gasteiger partial charge in [-0.25, -0.2) is 9.97 Å². The van der Waals surface area contributed by atoms with E-state index in [0.717, 1.165) is 46.5 Å². The lowest BCUT2D eigenvalue weighted by Gasteiger charge is -2.22. The topological polar surface area (TPSA) is 90.7 Å². The largest absolute Gasteiger partial charge is 0.398 e. The van der Waals surface area contributed by atoms with Crippen molar-refractivity contribution in [1.29, 1.82) is 0 Å². The first-order valence-corrected chi connectivity index (χ1v) is 7.66. The number of anilines is 2. The van der Waals surface area contributed by atoms with Crippen LogP contribution in [0.5, 0.6) is 0 Å². The third kappa shape index (κ3) is 2.29. The van der Waals surface area contributed by atoms with Gasteiger partial charge in [-0.2, -0.15) is 0 Å². The van der Waals surface area contributed by atoms with Gasteiger partial charge < -0.3 is 11.5 Å². The summed E-state index contributed by atoms with van der Waals surface area (Å²) in [5, 5.41) is 0.575. The molecule has 0 saturated carbocycles. The number of fused-ring (bicyclic) bond motifs is 3. The van der Waals surface area contributed by atoms with Gasteiger partial charge in [0, 0.05) is 23.5 Å². The van der Waals surface area contributed by atoms with Crippen LogP contribution in [0.15, 0.2) is 36.7 Å². The summed E-state index contributed by atoms with van der Waals surface area (Å²) in [5.41, 5.74) is 18.2. The van der Waals surface area contributed by atoms with Crippen LogP contribution in [0, 0.1) is 0 Å². The van der Waals surface area contributed by atoms with Crippen molar-refractivity contribution in [3.8, 4) is 22.4 Å². The van der Waals surface area contributed by atoms with E-state index in [9.17, 15) is 0 Å². The van der Waals surface area contributed by atoms with Crippen LogP contribution < -0.4 is 11.5 Å². The lowest BCUT2D eigenvalue weighted by molar-refractivity contribution is 0.889. The molecule has 0 spiro atoms. The number of benzene rings is 1. The molecular formula is C17H14ClN5. The number of aromatic nitrogens is 3. The summed E-state index contributed by atoms with van der Waals surface area (Å²) in [6.07, 6.45) is 5.15. The van der Waals surface area contributed by atoms with Crippen LogP contribution in [-0.2, 0) is 12.8 Å². The van der Waals surface area contributed by atoms with Gasteiger partial charge in [-0.1, -0.05) is 11.6 Å². The lowest BCUT2D eigenvalue weighted by atomic mass is 9.86. The first kappa shape index (κ1) is 14.0. The van der Waals surface area contributed by atoms with Gasteiger partial charge in [-0.15, -0.1) is 0 Å². The molecule has 5 nitrogen and oxygen atoms in total. The Labute approximate surface area is 138 Å². The Morgan fingerprint density at radius 3 is 2.74 bits per heavy atom. The SMILES string of the molecule is Nc1nc2c(c(-c3cccnc3)n1)-c1cc(N)c(Cl)cc1CC2. The van der Waals surface area contributed by atoms with Gasteiger partial charge in [0.15, 0.2) is 0 Å². The van der Waals surface area contributed by atoms with Crippen molar-refractivity contribution in [1.82, 2.24) is 15.0 Å². The van der Waals surface area contributed by atoms with Crippen LogP contribution in [0.3, 0.4) is 0 Å². The molecule has 0 bridgehead atoms. The molecule has 6 heteroatoms. The smallest absolute Gasteiger partial charge is 0.220 e. The summed E-state index contributed by atoms with van der Waals surface area (Å²) >= 11 is 6.17. The van der Waals surface area contributed by atoms with Crippen LogP contribution in [0.1, 0.15) is 11.3 Å². The summed E-state index contributed by atoms with van der Waals surface area (Å²) in [7, 11) is 0. The third-order valence-electron chi connectivity index (χ3n) is 4.06. The fourth-order valence-corrected chi connectivity index (χ4v) is 3.21. The van der Waals surface area contributed by atoms with Gasteiger partial charge in [0.05, 0.1) is 22.1 Å². The van der Waals surface area contributed by atoms with E-state index in [1.54, 1.807) is 12.4 Å². The summed E-state index contributed by atoms with van der Waals surface area (Å²) in [6, 6.07) is 7.66. The number of nitrogen functional groups attached to an aromatic ring is 2. The summed E-state index contributed by atoms with van der Waals surface area (Å²) in [4.78, 5) is 13.1. The van der Waals surface area contributed by atoms with Crippen LogP contribution in [-0.4, -0.2) is 15.0 Å². The Morgan fingerprint density at radius 1 is 1.09 bits per heavy atom. The first-order valence-electron chi connectivity index (χ1n) is 7.28. The second-order valence-electron chi connectivity index (χ2n) is 5.52. The van der Waals surface area contributed by atoms with Crippen LogP contribution in [0.4, 0.5) is 11.6 Å². The zero-order valence-corrected chi connectivity index (χ0v) is 13.0. The van der Waals surface area contributed by atoms with Crippen molar-refractivity contribution in [3.05, 3.63) is 52.9 Å². The molecule has 23 heavy (non-hydrogen) atoms. The van der Waals surface area contributed by atoms with E-state index in [0.29, 0.717) is 10.7 Å². The zero-order valence-electron chi connectivity index (χ0n) is 12.3.